The molecule has 4 nitrogen and oxygen atoms in total. The van der Waals surface area contributed by atoms with Crippen molar-refractivity contribution in [3.8, 4) is 0 Å². The minimum absolute atomic E-state index is 0. The van der Waals surface area contributed by atoms with Crippen LogP contribution in [0.4, 0.5) is 0 Å². The number of ketones is 1. The monoisotopic (exact) mass is 404 g/mol. The molecule has 1 aromatic carbocycles. The molecule has 0 N–H and O–H groups in total. The standard InChI is InChI=1S/C18H22Cl2N2O2.ClH/c19-14-6-5-13(10-15(14)20)11-18(24)22-9-3-4-17(23)16(22)12-21-7-1-2-8-21;/h5-6,10,16H,1-4,7-9,11-12H2;1H. The Bertz CT molecular complexity index is 633. The van der Waals surface area contributed by atoms with E-state index in [0.29, 0.717) is 29.6 Å². The zero-order valence-electron chi connectivity index (χ0n) is 14.0. The number of amides is 1. The van der Waals surface area contributed by atoms with Crippen molar-refractivity contribution < 1.29 is 9.59 Å². The average Bonchev–Trinajstić information content (AvgIpc) is 3.06. The van der Waals surface area contributed by atoms with E-state index in [0.717, 1.165) is 25.1 Å². The van der Waals surface area contributed by atoms with Crippen LogP contribution in [0.2, 0.25) is 10.0 Å². The van der Waals surface area contributed by atoms with Gasteiger partial charge in [0.15, 0.2) is 5.78 Å². The van der Waals surface area contributed by atoms with Crippen LogP contribution in [0.1, 0.15) is 31.2 Å². The van der Waals surface area contributed by atoms with E-state index in [2.05, 4.69) is 4.90 Å². The normalized spacial score (nSPS) is 21.3. The van der Waals surface area contributed by atoms with Gasteiger partial charge in [0.25, 0.3) is 0 Å². The van der Waals surface area contributed by atoms with Crippen molar-refractivity contribution in [2.24, 2.45) is 0 Å². The first-order valence-electron chi connectivity index (χ1n) is 8.53. The SMILES string of the molecule is Cl.O=C1CCCN(C(=O)Cc2ccc(Cl)c(Cl)c2)C1CN1CCCC1. The Hall–Kier alpha value is -0.810. The lowest BCUT2D eigenvalue weighted by molar-refractivity contribution is -0.142. The summed E-state index contributed by atoms with van der Waals surface area (Å²) in [6, 6.07) is 4.94. The number of benzene rings is 1. The zero-order chi connectivity index (χ0) is 17.1. The molecule has 0 aliphatic carbocycles. The lowest BCUT2D eigenvalue weighted by atomic mass is 9.98. The minimum atomic E-state index is -0.299. The van der Waals surface area contributed by atoms with Gasteiger partial charge in [-0.05, 0) is 50.0 Å². The van der Waals surface area contributed by atoms with Gasteiger partial charge in [-0.25, -0.2) is 0 Å². The van der Waals surface area contributed by atoms with Crippen molar-refractivity contribution in [3.05, 3.63) is 33.8 Å². The van der Waals surface area contributed by atoms with Crippen molar-refractivity contribution >= 4 is 47.3 Å². The lowest BCUT2D eigenvalue weighted by Crippen LogP contribution is -2.54. The van der Waals surface area contributed by atoms with Crippen LogP contribution < -0.4 is 0 Å². The summed E-state index contributed by atoms with van der Waals surface area (Å²) in [6.45, 7) is 3.38. The highest BCUT2D eigenvalue weighted by Gasteiger charge is 2.34. The lowest BCUT2D eigenvalue weighted by Gasteiger charge is -2.36. The van der Waals surface area contributed by atoms with Crippen molar-refractivity contribution in [3.63, 3.8) is 0 Å². The Morgan fingerprint density at radius 1 is 1.08 bits per heavy atom. The maximum Gasteiger partial charge on any atom is 0.227 e. The van der Waals surface area contributed by atoms with Crippen LogP contribution in [0, 0.1) is 0 Å². The van der Waals surface area contributed by atoms with Crippen LogP contribution in [-0.2, 0) is 16.0 Å². The van der Waals surface area contributed by atoms with Gasteiger partial charge < -0.3 is 9.80 Å². The van der Waals surface area contributed by atoms with Crippen LogP contribution >= 0.6 is 35.6 Å². The first kappa shape index (κ1) is 20.5. The molecular weight excluding hydrogens is 383 g/mol. The molecule has 3 rings (SSSR count). The Morgan fingerprint density at radius 3 is 2.48 bits per heavy atom. The number of rotatable bonds is 4. The minimum Gasteiger partial charge on any atom is -0.331 e. The number of hydrogen-bond donors (Lipinski definition) is 0. The second kappa shape index (κ2) is 9.22. The van der Waals surface area contributed by atoms with Crippen molar-refractivity contribution in [1.29, 1.82) is 0 Å². The largest absolute Gasteiger partial charge is 0.331 e. The second-order valence-corrected chi connectivity index (χ2v) is 7.42. The van der Waals surface area contributed by atoms with Gasteiger partial charge in [0.1, 0.15) is 6.04 Å². The number of hydrogen-bond acceptors (Lipinski definition) is 3. The molecule has 1 amide bonds. The van der Waals surface area contributed by atoms with Crippen LogP contribution in [0.5, 0.6) is 0 Å². The molecule has 25 heavy (non-hydrogen) atoms. The number of halogens is 3. The smallest absolute Gasteiger partial charge is 0.227 e. The van der Waals surface area contributed by atoms with Crippen LogP contribution in [0.3, 0.4) is 0 Å². The molecule has 0 radical (unpaired) electrons. The van der Waals surface area contributed by atoms with Crippen LogP contribution in [-0.4, -0.2) is 53.7 Å². The molecule has 0 spiro atoms. The fraction of sp³-hybridized carbons (Fsp3) is 0.556. The molecule has 2 aliphatic heterocycles. The number of Topliss-reactive ketones (excluding diaryl/α,β-unsaturated/α-hetero) is 1. The first-order chi connectivity index (χ1) is 11.5. The summed E-state index contributed by atoms with van der Waals surface area (Å²) < 4.78 is 0. The Kier molecular flexibility index (Phi) is 7.56. The fourth-order valence-corrected chi connectivity index (χ4v) is 3.88. The van der Waals surface area contributed by atoms with E-state index >= 15 is 0 Å². The molecule has 0 bridgehead atoms. The fourth-order valence-electron chi connectivity index (χ4n) is 3.55. The number of carbonyl (C=O) groups is 2. The third-order valence-electron chi connectivity index (χ3n) is 4.86. The maximum atomic E-state index is 12.8. The maximum absolute atomic E-state index is 12.8. The van der Waals surface area contributed by atoms with E-state index in [4.69, 9.17) is 23.2 Å². The van der Waals surface area contributed by atoms with Crippen molar-refractivity contribution in [2.45, 2.75) is 38.1 Å². The predicted octanol–water partition coefficient (Wildman–Crippen LogP) is 3.61. The Balaban J connectivity index is 0.00000225. The number of likely N-dealkylation sites (tertiary alicyclic amines) is 2. The molecule has 2 fully saturated rings. The first-order valence-corrected chi connectivity index (χ1v) is 9.28. The molecule has 0 aromatic heterocycles. The molecule has 2 saturated heterocycles. The van der Waals surface area contributed by atoms with E-state index in [-0.39, 0.29) is 36.6 Å². The van der Waals surface area contributed by atoms with E-state index in [1.54, 1.807) is 17.0 Å². The molecule has 1 aromatic rings. The Morgan fingerprint density at radius 2 is 1.80 bits per heavy atom. The predicted molar refractivity (Wildman–Crippen MR) is 103 cm³/mol. The van der Waals surface area contributed by atoms with Crippen molar-refractivity contribution in [2.75, 3.05) is 26.2 Å². The number of nitrogens with zero attached hydrogens (tertiary/aromatic N) is 2. The summed E-state index contributed by atoms with van der Waals surface area (Å²) in [6.07, 6.45) is 3.94. The highest BCUT2D eigenvalue weighted by Crippen LogP contribution is 2.24. The molecule has 1 atom stereocenters. The summed E-state index contributed by atoms with van der Waals surface area (Å²) >= 11 is 12.0. The summed E-state index contributed by atoms with van der Waals surface area (Å²) in [4.78, 5) is 29.2. The molecule has 2 heterocycles. The third-order valence-corrected chi connectivity index (χ3v) is 5.60. The molecule has 138 valence electrons. The van der Waals surface area contributed by atoms with Gasteiger partial charge in [0.05, 0.1) is 16.5 Å². The Labute approximate surface area is 164 Å². The molecule has 1 unspecified atom stereocenters. The summed E-state index contributed by atoms with van der Waals surface area (Å²) in [5.74, 6) is 0.182. The van der Waals surface area contributed by atoms with Gasteiger partial charge >= 0.3 is 0 Å². The molecule has 2 aliphatic rings. The van der Waals surface area contributed by atoms with E-state index in [1.807, 2.05) is 6.07 Å². The highest BCUT2D eigenvalue weighted by atomic mass is 35.5. The van der Waals surface area contributed by atoms with Gasteiger partial charge in [-0.2, -0.15) is 0 Å². The second-order valence-electron chi connectivity index (χ2n) is 6.61. The highest BCUT2D eigenvalue weighted by molar-refractivity contribution is 6.42. The van der Waals surface area contributed by atoms with Crippen LogP contribution in [0.15, 0.2) is 18.2 Å². The summed E-state index contributed by atoms with van der Waals surface area (Å²) in [5.41, 5.74) is 0.826. The average molecular weight is 406 g/mol. The quantitative estimate of drug-likeness (QED) is 0.768. The topological polar surface area (TPSA) is 40.6 Å². The summed E-state index contributed by atoms with van der Waals surface area (Å²) in [5, 5.41) is 0.929. The van der Waals surface area contributed by atoms with Gasteiger partial charge in [0, 0.05) is 19.5 Å². The van der Waals surface area contributed by atoms with Gasteiger partial charge in [-0.1, -0.05) is 29.3 Å². The molecule has 0 saturated carbocycles. The summed E-state index contributed by atoms with van der Waals surface area (Å²) in [7, 11) is 0. The molecular formula is C18H23Cl3N2O2. The van der Waals surface area contributed by atoms with Crippen molar-refractivity contribution in [1.82, 2.24) is 9.80 Å². The number of carbonyl (C=O) groups excluding carboxylic acids is 2. The van der Waals surface area contributed by atoms with Gasteiger partial charge in [-0.15, -0.1) is 12.4 Å². The van der Waals surface area contributed by atoms with E-state index in [9.17, 15) is 9.59 Å². The van der Waals surface area contributed by atoms with Gasteiger partial charge in [0.2, 0.25) is 5.91 Å². The number of piperidine rings is 1. The van der Waals surface area contributed by atoms with Gasteiger partial charge in [-0.3, -0.25) is 9.59 Å². The van der Waals surface area contributed by atoms with Crippen LogP contribution in [0.25, 0.3) is 0 Å². The zero-order valence-corrected chi connectivity index (χ0v) is 16.4. The molecule has 7 heteroatoms. The third kappa shape index (κ3) is 5.10. The van der Waals surface area contributed by atoms with E-state index in [1.165, 1.54) is 12.8 Å². The van der Waals surface area contributed by atoms with E-state index < -0.39 is 0 Å².